The fraction of sp³-hybridized carbons (Fsp3) is 0.733. The van der Waals surface area contributed by atoms with E-state index in [9.17, 15) is 0 Å². The molecule has 1 N–H and O–H groups in total. The lowest BCUT2D eigenvalue weighted by Gasteiger charge is -2.24. The second-order valence-electron chi connectivity index (χ2n) is 4.90. The molecule has 1 rings (SSSR count). The summed E-state index contributed by atoms with van der Waals surface area (Å²) < 4.78 is 0. The summed E-state index contributed by atoms with van der Waals surface area (Å²) in [6.07, 6.45) is 6.54. The van der Waals surface area contributed by atoms with E-state index in [1.807, 2.05) is 11.3 Å². The quantitative estimate of drug-likeness (QED) is 0.684. The molecule has 2 heteroatoms. The van der Waals surface area contributed by atoms with Gasteiger partial charge >= 0.3 is 0 Å². The van der Waals surface area contributed by atoms with E-state index in [0.29, 0.717) is 6.04 Å². The molecule has 1 nitrogen and oxygen atoms in total. The number of nitrogens with one attached hydrogen (secondary N) is 1. The molecule has 0 aliphatic carbocycles. The molecule has 0 aliphatic heterocycles. The third-order valence-corrected chi connectivity index (χ3v) is 4.38. The van der Waals surface area contributed by atoms with Crippen molar-refractivity contribution in [1.29, 1.82) is 0 Å². The van der Waals surface area contributed by atoms with Crippen molar-refractivity contribution < 1.29 is 0 Å². The Morgan fingerprint density at radius 2 is 2.12 bits per heavy atom. The minimum absolute atomic E-state index is 0.689. The van der Waals surface area contributed by atoms with Crippen LogP contribution in [0, 0.1) is 5.92 Å². The molecule has 1 heterocycles. The van der Waals surface area contributed by atoms with Gasteiger partial charge in [0.15, 0.2) is 0 Å². The molecule has 17 heavy (non-hydrogen) atoms. The lowest BCUT2D eigenvalue weighted by Crippen LogP contribution is -2.35. The number of thiophene rings is 1. The van der Waals surface area contributed by atoms with Crippen LogP contribution in [0.15, 0.2) is 17.5 Å². The highest BCUT2D eigenvalue weighted by molar-refractivity contribution is 7.09. The molecule has 2 unspecified atom stereocenters. The van der Waals surface area contributed by atoms with Crippen molar-refractivity contribution in [2.75, 3.05) is 6.54 Å². The van der Waals surface area contributed by atoms with Gasteiger partial charge in [-0.15, -0.1) is 11.3 Å². The second-order valence-corrected chi connectivity index (χ2v) is 5.93. The maximum atomic E-state index is 3.66. The Bertz CT molecular complexity index is 268. The van der Waals surface area contributed by atoms with Gasteiger partial charge in [0, 0.05) is 10.9 Å². The van der Waals surface area contributed by atoms with Gasteiger partial charge in [-0.05, 0) is 43.2 Å². The summed E-state index contributed by atoms with van der Waals surface area (Å²) in [4.78, 5) is 1.52. The first-order valence-electron chi connectivity index (χ1n) is 7.03. The van der Waals surface area contributed by atoms with Gasteiger partial charge in [0.05, 0.1) is 0 Å². The maximum absolute atomic E-state index is 3.66. The van der Waals surface area contributed by atoms with Gasteiger partial charge in [-0.25, -0.2) is 0 Å². The average molecular weight is 253 g/mol. The highest BCUT2D eigenvalue weighted by atomic mass is 32.1. The molecular formula is C15H27NS. The van der Waals surface area contributed by atoms with Crippen LogP contribution in [0.3, 0.4) is 0 Å². The molecule has 2 atom stereocenters. The van der Waals surface area contributed by atoms with Crippen molar-refractivity contribution in [2.24, 2.45) is 5.92 Å². The van der Waals surface area contributed by atoms with Crippen molar-refractivity contribution in [3.8, 4) is 0 Å². The standard InChI is InChI=1S/C15H27NS/c1-4-6-8-13(3)15(16-5-2)11-10-14-9-7-12-17-14/h7,9,12-13,15-16H,4-6,8,10-11H2,1-3H3. The van der Waals surface area contributed by atoms with E-state index in [-0.39, 0.29) is 0 Å². The minimum Gasteiger partial charge on any atom is -0.314 e. The average Bonchev–Trinajstić information content (AvgIpc) is 2.84. The Morgan fingerprint density at radius 3 is 2.71 bits per heavy atom. The SMILES string of the molecule is CCCCC(C)C(CCc1cccs1)NCC. The van der Waals surface area contributed by atoms with Crippen LogP contribution < -0.4 is 5.32 Å². The Balaban J connectivity index is 2.36. The molecule has 0 spiro atoms. The Morgan fingerprint density at radius 1 is 1.29 bits per heavy atom. The van der Waals surface area contributed by atoms with Gasteiger partial charge in [-0.3, -0.25) is 0 Å². The Labute approximate surface area is 111 Å². The van der Waals surface area contributed by atoms with Gasteiger partial charge in [0.25, 0.3) is 0 Å². The second kappa shape index (κ2) is 8.71. The third-order valence-electron chi connectivity index (χ3n) is 3.45. The zero-order valence-electron chi connectivity index (χ0n) is 11.5. The molecule has 98 valence electrons. The summed E-state index contributed by atoms with van der Waals surface area (Å²) in [7, 11) is 0. The van der Waals surface area contributed by atoms with E-state index in [0.717, 1.165) is 12.5 Å². The van der Waals surface area contributed by atoms with Gasteiger partial charge in [0.2, 0.25) is 0 Å². The lowest BCUT2D eigenvalue weighted by molar-refractivity contribution is 0.338. The molecule has 0 aliphatic rings. The van der Waals surface area contributed by atoms with E-state index < -0.39 is 0 Å². The van der Waals surface area contributed by atoms with Crippen LogP contribution >= 0.6 is 11.3 Å². The number of hydrogen-bond donors (Lipinski definition) is 1. The van der Waals surface area contributed by atoms with Crippen molar-refractivity contribution >= 4 is 11.3 Å². The maximum Gasteiger partial charge on any atom is 0.00960 e. The first-order valence-corrected chi connectivity index (χ1v) is 7.91. The summed E-state index contributed by atoms with van der Waals surface area (Å²) >= 11 is 1.88. The van der Waals surface area contributed by atoms with Gasteiger partial charge in [-0.2, -0.15) is 0 Å². The van der Waals surface area contributed by atoms with Crippen molar-refractivity contribution in [3.63, 3.8) is 0 Å². The Hall–Kier alpha value is -0.340. The van der Waals surface area contributed by atoms with E-state index in [1.54, 1.807) is 0 Å². The lowest BCUT2D eigenvalue weighted by atomic mass is 9.92. The van der Waals surface area contributed by atoms with E-state index in [4.69, 9.17) is 0 Å². The molecule has 0 saturated carbocycles. The normalized spacial score (nSPS) is 14.8. The highest BCUT2D eigenvalue weighted by Crippen LogP contribution is 2.19. The first-order chi connectivity index (χ1) is 8.27. The molecule has 0 aromatic carbocycles. The summed E-state index contributed by atoms with van der Waals surface area (Å²) in [6.45, 7) is 7.98. The van der Waals surface area contributed by atoms with Gasteiger partial charge < -0.3 is 5.32 Å². The fourth-order valence-electron chi connectivity index (χ4n) is 2.33. The predicted octanol–water partition coefficient (Wildman–Crippen LogP) is 4.49. The summed E-state index contributed by atoms with van der Waals surface area (Å²) in [6, 6.07) is 5.10. The molecule has 0 bridgehead atoms. The number of aryl methyl sites for hydroxylation is 1. The van der Waals surface area contributed by atoms with Crippen LogP contribution in [-0.2, 0) is 6.42 Å². The van der Waals surface area contributed by atoms with E-state index in [2.05, 4.69) is 43.6 Å². The van der Waals surface area contributed by atoms with Crippen LogP contribution in [0.2, 0.25) is 0 Å². The summed E-state index contributed by atoms with van der Waals surface area (Å²) in [5.74, 6) is 0.801. The molecule has 0 saturated heterocycles. The Kier molecular flexibility index (Phi) is 7.54. The van der Waals surface area contributed by atoms with Crippen LogP contribution in [-0.4, -0.2) is 12.6 Å². The monoisotopic (exact) mass is 253 g/mol. The highest BCUT2D eigenvalue weighted by Gasteiger charge is 2.15. The fourth-order valence-corrected chi connectivity index (χ4v) is 3.05. The molecule has 1 aromatic rings. The van der Waals surface area contributed by atoms with Crippen LogP contribution in [0.5, 0.6) is 0 Å². The van der Waals surface area contributed by atoms with Crippen LogP contribution in [0.25, 0.3) is 0 Å². The zero-order chi connectivity index (χ0) is 12.5. The van der Waals surface area contributed by atoms with Gasteiger partial charge in [-0.1, -0.05) is 39.7 Å². The van der Waals surface area contributed by atoms with E-state index >= 15 is 0 Å². The molecular weight excluding hydrogens is 226 g/mol. The van der Waals surface area contributed by atoms with Crippen LogP contribution in [0.1, 0.15) is 51.3 Å². The number of rotatable bonds is 9. The van der Waals surface area contributed by atoms with Crippen molar-refractivity contribution in [2.45, 2.75) is 58.9 Å². The zero-order valence-corrected chi connectivity index (χ0v) is 12.4. The smallest absolute Gasteiger partial charge is 0.00960 e. The number of unbranched alkanes of at least 4 members (excludes halogenated alkanes) is 1. The molecule has 0 amide bonds. The molecule has 1 aromatic heterocycles. The van der Waals surface area contributed by atoms with Gasteiger partial charge in [0.1, 0.15) is 0 Å². The molecule has 0 fully saturated rings. The molecule has 0 radical (unpaired) electrons. The predicted molar refractivity (Wildman–Crippen MR) is 78.8 cm³/mol. The topological polar surface area (TPSA) is 12.0 Å². The van der Waals surface area contributed by atoms with Crippen molar-refractivity contribution in [3.05, 3.63) is 22.4 Å². The summed E-state index contributed by atoms with van der Waals surface area (Å²) in [5, 5.41) is 5.84. The first kappa shape index (κ1) is 14.7. The number of hydrogen-bond acceptors (Lipinski definition) is 2. The summed E-state index contributed by atoms with van der Waals surface area (Å²) in [5.41, 5.74) is 0. The van der Waals surface area contributed by atoms with Crippen molar-refractivity contribution in [1.82, 2.24) is 5.32 Å². The largest absolute Gasteiger partial charge is 0.314 e. The minimum atomic E-state index is 0.689. The third kappa shape index (κ3) is 5.69. The van der Waals surface area contributed by atoms with Crippen LogP contribution in [0.4, 0.5) is 0 Å². The van der Waals surface area contributed by atoms with E-state index in [1.165, 1.54) is 37.0 Å².